The van der Waals surface area contributed by atoms with Gasteiger partial charge in [-0.2, -0.15) is 0 Å². The molecular formula is C25H23NO2. The molecule has 1 heterocycles. The Balaban J connectivity index is 1.84. The third-order valence-electron chi connectivity index (χ3n) is 5.81. The summed E-state index contributed by atoms with van der Waals surface area (Å²) in [5.41, 5.74) is 3.08. The number of phenolic OH excluding ortho intramolecular Hbond substituents is 1. The van der Waals surface area contributed by atoms with Crippen LogP contribution in [0.1, 0.15) is 12.8 Å². The third-order valence-corrected chi connectivity index (χ3v) is 5.81. The highest BCUT2D eigenvalue weighted by molar-refractivity contribution is 6.18. The highest BCUT2D eigenvalue weighted by atomic mass is 16.5. The number of benzene rings is 4. The van der Waals surface area contributed by atoms with Crippen molar-refractivity contribution in [1.29, 1.82) is 0 Å². The molecule has 4 aromatic carbocycles. The van der Waals surface area contributed by atoms with Crippen molar-refractivity contribution in [2.24, 2.45) is 0 Å². The summed E-state index contributed by atoms with van der Waals surface area (Å²) in [5.74, 6) is 1.11. The maximum atomic E-state index is 11.2. The molecule has 5 rings (SSSR count). The first-order valence-electron chi connectivity index (χ1n) is 9.83. The van der Waals surface area contributed by atoms with E-state index in [0.29, 0.717) is 5.75 Å². The van der Waals surface area contributed by atoms with Crippen molar-refractivity contribution in [3.8, 4) is 22.6 Å². The van der Waals surface area contributed by atoms with Crippen LogP contribution in [-0.4, -0.2) is 25.3 Å². The quantitative estimate of drug-likeness (QED) is 0.451. The highest BCUT2D eigenvalue weighted by Crippen LogP contribution is 2.44. The summed E-state index contributed by atoms with van der Waals surface area (Å²) in [7, 11) is 1.67. The van der Waals surface area contributed by atoms with E-state index in [0.717, 1.165) is 46.1 Å². The molecule has 140 valence electrons. The number of anilines is 1. The zero-order chi connectivity index (χ0) is 19.1. The summed E-state index contributed by atoms with van der Waals surface area (Å²) >= 11 is 0. The largest absolute Gasteiger partial charge is 0.507 e. The molecule has 0 bridgehead atoms. The van der Waals surface area contributed by atoms with Crippen LogP contribution in [0.4, 0.5) is 5.69 Å². The molecule has 4 aromatic rings. The van der Waals surface area contributed by atoms with E-state index in [1.54, 1.807) is 7.11 Å². The lowest BCUT2D eigenvalue weighted by molar-refractivity contribution is 0.415. The van der Waals surface area contributed by atoms with E-state index in [1.165, 1.54) is 23.9 Å². The Kier molecular flexibility index (Phi) is 4.09. The first-order valence-corrected chi connectivity index (χ1v) is 9.83. The standard InChI is InChI=1S/C25H23NO2/c1-28-19-8-6-7-17(15-19)24-21-12-11-18(26-13-4-5-14-26)16-23(21)20-9-2-3-10-22(20)25(24)27/h2-3,6-12,15-16,27H,4-5,13-14H2,1H3. The van der Waals surface area contributed by atoms with Crippen LogP contribution in [0.15, 0.2) is 66.7 Å². The van der Waals surface area contributed by atoms with Gasteiger partial charge in [-0.15, -0.1) is 0 Å². The fourth-order valence-electron chi connectivity index (χ4n) is 4.40. The van der Waals surface area contributed by atoms with Crippen molar-refractivity contribution in [3.63, 3.8) is 0 Å². The van der Waals surface area contributed by atoms with Gasteiger partial charge in [0.1, 0.15) is 11.5 Å². The van der Waals surface area contributed by atoms with E-state index in [9.17, 15) is 5.11 Å². The number of nitrogens with zero attached hydrogens (tertiary/aromatic N) is 1. The van der Waals surface area contributed by atoms with Gasteiger partial charge in [0.2, 0.25) is 0 Å². The summed E-state index contributed by atoms with van der Waals surface area (Å²) in [5, 5.41) is 15.4. The number of aromatic hydroxyl groups is 1. The molecule has 1 N–H and O–H groups in total. The van der Waals surface area contributed by atoms with E-state index < -0.39 is 0 Å². The van der Waals surface area contributed by atoms with Crippen molar-refractivity contribution in [1.82, 2.24) is 0 Å². The van der Waals surface area contributed by atoms with Crippen LogP contribution in [-0.2, 0) is 0 Å². The molecule has 1 aliphatic rings. The Labute approximate surface area is 164 Å². The molecule has 1 saturated heterocycles. The molecule has 1 aliphatic heterocycles. The molecular weight excluding hydrogens is 346 g/mol. The Hall–Kier alpha value is -3.20. The SMILES string of the molecule is COc1cccc(-c2c(O)c3ccccc3c3cc(N4CCCC4)ccc23)c1. The van der Waals surface area contributed by atoms with E-state index in [2.05, 4.69) is 29.2 Å². The lowest BCUT2D eigenvalue weighted by atomic mass is 9.91. The van der Waals surface area contributed by atoms with Crippen LogP contribution in [0.2, 0.25) is 0 Å². The van der Waals surface area contributed by atoms with Gasteiger partial charge >= 0.3 is 0 Å². The summed E-state index contributed by atoms with van der Waals surface area (Å²) in [6.45, 7) is 2.23. The van der Waals surface area contributed by atoms with Gasteiger partial charge in [0.25, 0.3) is 0 Å². The predicted molar refractivity (Wildman–Crippen MR) is 117 cm³/mol. The molecule has 0 spiro atoms. The minimum atomic E-state index is 0.324. The first-order chi connectivity index (χ1) is 13.8. The molecule has 0 unspecified atom stereocenters. The van der Waals surface area contributed by atoms with Gasteiger partial charge in [-0.05, 0) is 58.8 Å². The number of methoxy groups -OCH3 is 1. The molecule has 0 aliphatic carbocycles. The topological polar surface area (TPSA) is 32.7 Å². The fourth-order valence-corrected chi connectivity index (χ4v) is 4.40. The van der Waals surface area contributed by atoms with Crippen LogP contribution in [0, 0.1) is 0 Å². The normalized spacial score (nSPS) is 14.1. The molecule has 1 fully saturated rings. The van der Waals surface area contributed by atoms with Gasteiger partial charge in [0.15, 0.2) is 0 Å². The molecule has 0 aromatic heterocycles. The second kappa shape index (κ2) is 6.75. The van der Waals surface area contributed by atoms with Crippen molar-refractivity contribution >= 4 is 27.2 Å². The van der Waals surface area contributed by atoms with E-state index >= 15 is 0 Å². The maximum Gasteiger partial charge on any atom is 0.131 e. The number of hydrogen-bond acceptors (Lipinski definition) is 3. The molecule has 3 heteroatoms. The second-order valence-electron chi connectivity index (χ2n) is 7.43. The van der Waals surface area contributed by atoms with Gasteiger partial charge in [-0.25, -0.2) is 0 Å². The molecule has 0 atom stereocenters. The van der Waals surface area contributed by atoms with Gasteiger partial charge in [0.05, 0.1) is 7.11 Å². The van der Waals surface area contributed by atoms with Crippen LogP contribution in [0.25, 0.3) is 32.7 Å². The number of rotatable bonds is 3. The number of ether oxygens (including phenoxy) is 1. The zero-order valence-electron chi connectivity index (χ0n) is 16.0. The Morgan fingerprint density at radius 3 is 2.36 bits per heavy atom. The van der Waals surface area contributed by atoms with Crippen LogP contribution < -0.4 is 9.64 Å². The summed E-state index contributed by atoms with van der Waals surface area (Å²) in [4.78, 5) is 2.45. The van der Waals surface area contributed by atoms with Gasteiger partial charge in [-0.1, -0.05) is 42.5 Å². The molecule has 3 nitrogen and oxygen atoms in total. The molecule has 0 radical (unpaired) electrons. The summed E-state index contributed by atoms with van der Waals surface area (Å²) < 4.78 is 5.41. The average Bonchev–Trinajstić information content (AvgIpc) is 3.29. The summed E-state index contributed by atoms with van der Waals surface area (Å²) in [6.07, 6.45) is 2.51. The Morgan fingerprint density at radius 1 is 0.786 bits per heavy atom. The lowest BCUT2D eigenvalue weighted by Gasteiger charge is -2.20. The van der Waals surface area contributed by atoms with Gasteiger partial charge in [0, 0.05) is 29.7 Å². The average molecular weight is 369 g/mol. The summed E-state index contributed by atoms with van der Waals surface area (Å²) in [6, 6.07) is 22.6. The second-order valence-corrected chi connectivity index (χ2v) is 7.43. The van der Waals surface area contributed by atoms with Crippen molar-refractivity contribution in [2.75, 3.05) is 25.1 Å². The minimum absolute atomic E-state index is 0.324. The Bertz CT molecular complexity index is 1180. The third kappa shape index (κ3) is 2.66. The first kappa shape index (κ1) is 16.9. The highest BCUT2D eigenvalue weighted by Gasteiger charge is 2.18. The Morgan fingerprint density at radius 2 is 1.57 bits per heavy atom. The van der Waals surface area contributed by atoms with Crippen LogP contribution >= 0.6 is 0 Å². The van der Waals surface area contributed by atoms with Gasteiger partial charge in [-0.3, -0.25) is 0 Å². The van der Waals surface area contributed by atoms with Crippen molar-refractivity contribution in [3.05, 3.63) is 66.7 Å². The predicted octanol–water partition coefficient (Wildman–Crippen LogP) is 5.97. The molecule has 0 saturated carbocycles. The van der Waals surface area contributed by atoms with Crippen molar-refractivity contribution < 1.29 is 9.84 Å². The zero-order valence-corrected chi connectivity index (χ0v) is 16.0. The number of hydrogen-bond donors (Lipinski definition) is 1. The van der Waals surface area contributed by atoms with Crippen LogP contribution in [0.5, 0.6) is 11.5 Å². The van der Waals surface area contributed by atoms with Crippen LogP contribution in [0.3, 0.4) is 0 Å². The molecule has 28 heavy (non-hydrogen) atoms. The van der Waals surface area contributed by atoms with Crippen molar-refractivity contribution in [2.45, 2.75) is 12.8 Å². The smallest absolute Gasteiger partial charge is 0.131 e. The maximum absolute atomic E-state index is 11.2. The fraction of sp³-hybridized carbons (Fsp3) is 0.200. The molecule has 0 amide bonds. The van der Waals surface area contributed by atoms with E-state index in [-0.39, 0.29) is 0 Å². The number of fused-ring (bicyclic) bond motifs is 3. The van der Waals surface area contributed by atoms with Gasteiger partial charge < -0.3 is 14.7 Å². The minimum Gasteiger partial charge on any atom is -0.507 e. The van der Waals surface area contributed by atoms with E-state index in [4.69, 9.17) is 4.74 Å². The number of phenols is 1. The lowest BCUT2D eigenvalue weighted by Crippen LogP contribution is -2.17. The monoisotopic (exact) mass is 369 g/mol. The van der Waals surface area contributed by atoms with E-state index in [1.807, 2.05) is 42.5 Å².